The van der Waals surface area contributed by atoms with Gasteiger partial charge in [-0.15, -0.1) is 0 Å². The van der Waals surface area contributed by atoms with E-state index in [1.807, 2.05) is 51.1 Å². The third-order valence-corrected chi connectivity index (χ3v) is 9.33. The van der Waals surface area contributed by atoms with Crippen molar-refractivity contribution >= 4 is 50.7 Å². The number of sulfonamides is 1. The Morgan fingerprint density at radius 3 is 2.04 bits per heavy atom. The molecule has 0 bridgehead atoms. The lowest BCUT2D eigenvalue weighted by molar-refractivity contribution is -0.140. The van der Waals surface area contributed by atoms with Gasteiger partial charge in [-0.25, -0.2) is 8.42 Å². The van der Waals surface area contributed by atoms with E-state index < -0.39 is 34.1 Å². The third kappa shape index (κ3) is 9.25. The number of benzene rings is 4. The maximum atomic E-state index is 14.5. The molecule has 0 spiro atoms. The van der Waals surface area contributed by atoms with Gasteiger partial charge in [0.1, 0.15) is 18.3 Å². The van der Waals surface area contributed by atoms with Gasteiger partial charge in [-0.3, -0.25) is 13.9 Å². The second-order valence-electron chi connectivity index (χ2n) is 11.8. The fraction of sp³-hybridized carbons (Fsp3) is 0.257. The molecule has 11 heteroatoms. The Morgan fingerprint density at radius 1 is 0.826 bits per heavy atom. The van der Waals surface area contributed by atoms with Crippen molar-refractivity contribution in [3.05, 3.63) is 124 Å². The van der Waals surface area contributed by atoms with E-state index in [2.05, 4.69) is 5.32 Å². The Balaban J connectivity index is 1.81. The summed E-state index contributed by atoms with van der Waals surface area (Å²) in [6, 6.07) is 27.4. The zero-order chi connectivity index (χ0) is 33.5. The van der Waals surface area contributed by atoms with Crippen LogP contribution >= 0.6 is 23.2 Å². The predicted octanol–water partition coefficient (Wildman–Crippen LogP) is 6.75. The maximum Gasteiger partial charge on any atom is 0.264 e. The van der Waals surface area contributed by atoms with Crippen molar-refractivity contribution < 1.29 is 22.7 Å². The van der Waals surface area contributed by atoms with Crippen molar-refractivity contribution in [3.8, 4) is 5.75 Å². The molecule has 0 fully saturated rings. The highest BCUT2D eigenvalue weighted by Crippen LogP contribution is 2.28. The Labute approximate surface area is 280 Å². The van der Waals surface area contributed by atoms with Gasteiger partial charge in [-0.1, -0.05) is 65.7 Å². The average molecular weight is 683 g/mol. The minimum Gasteiger partial charge on any atom is -0.497 e. The van der Waals surface area contributed by atoms with Crippen LogP contribution in [0.1, 0.15) is 31.9 Å². The number of methoxy groups -OCH3 is 1. The molecule has 1 unspecified atom stereocenters. The smallest absolute Gasteiger partial charge is 0.264 e. The largest absolute Gasteiger partial charge is 0.497 e. The number of anilines is 1. The summed E-state index contributed by atoms with van der Waals surface area (Å²) in [7, 11) is -2.78. The van der Waals surface area contributed by atoms with Gasteiger partial charge in [0.15, 0.2) is 0 Å². The molecule has 1 N–H and O–H groups in total. The molecule has 8 nitrogen and oxygen atoms in total. The van der Waals surface area contributed by atoms with Gasteiger partial charge in [-0.05, 0) is 92.6 Å². The first-order valence-corrected chi connectivity index (χ1v) is 16.8. The Kier molecular flexibility index (Phi) is 11.4. The summed E-state index contributed by atoms with van der Waals surface area (Å²) in [5.74, 6) is -0.478. The van der Waals surface area contributed by atoms with Crippen LogP contribution in [0.15, 0.2) is 108 Å². The zero-order valence-corrected chi connectivity index (χ0v) is 28.4. The monoisotopic (exact) mass is 681 g/mol. The van der Waals surface area contributed by atoms with Gasteiger partial charge in [0.05, 0.1) is 17.7 Å². The molecule has 46 heavy (non-hydrogen) atoms. The maximum absolute atomic E-state index is 14.5. The average Bonchev–Trinajstić information content (AvgIpc) is 3.01. The van der Waals surface area contributed by atoms with Crippen LogP contribution in [0.25, 0.3) is 0 Å². The molecule has 0 aliphatic carbocycles. The first kappa shape index (κ1) is 34.8. The topological polar surface area (TPSA) is 96.0 Å². The van der Waals surface area contributed by atoms with Gasteiger partial charge in [0.2, 0.25) is 11.8 Å². The number of nitrogens with zero attached hydrogens (tertiary/aromatic N) is 2. The molecule has 0 heterocycles. The van der Waals surface area contributed by atoms with Gasteiger partial charge in [0, 0.05) is 28.5 Å². The molecule has 2 amide bonds. The molecule has 242 valence electrons. The molecule has 4 aromatic carbocycles. The number of hydrogen-bond donors (Lipinski definition) is 1. The lowest BCUT2D eigenvalue weighted by Gasteiger charge is -2.35. The van der Waals surface area contributed by atoms with Crippen molar-refractivity contribution in [1.82, 2.24) is 10.2 Å². The Morgan fingerprint density at radius 2 is 1.46 bits per heavy atom. The minimum absolute atomic E-state index is 0.00545. The van der Waals surface area contributed by atoms with E-state index in [1.54, 1.807) is 36.4 Å². The molecule has 1 atom stereocenters. The van der Waals surface area contributed by atoms with Crippen LogP contribution in [-0.2, 0) is 32.6 Å². The molecular formula is C35H37Cl2N3O5S. The second kappa shape index (κ2) is 15.0. The summed E-state index contributed by atoms with van der Waals surface area (Å²) in [6.07, 6.45) is 0.196. The van der Waals surface area contributed by atoms with Gasteiger partial charge < -0.3 is 15.0 Å². The standard InChI is InChI=1S/C35H37Cl2N3O5S/c1-35(2,3)38-34(42)32(22-25-9-6-5-7-10-25)39(23-26-11-8-12-28(37)21-26)33(41)24-40(29-15-13-27(36)14-16-29)46(43,44)31-19-17-30(45-4)18-20-31/h5-21,32H,22-24H2,1-4H3,(H,38,42). The quantitative estimate of drug-likeness (QED) is 0.178. The number of carbonyl (C=O) groups is 2. The van der Waals surface area contributed by atoms with Crippen LogP contribution in [0.4, 0.5) is 5.69 Å². The molecule has 0 aliphatic rings. The van der Waals surface area contributed by atoms with Gasteiger partial charge in [0.25, 0.3) is 10.0 Å². The van der Waals surface area contributed by atoms with Crippen molar-refractivity contribution in [2.75, 3.05) is 18.0 Å². The van der Waals surface area contributed by atoms with E-state index in [1.165, 1.54) is 48.4 Å². The zero-order valence-electron chi connectivity index (χ0n) is 26.1. The highest BCUT2D eigenvalue weighted by molar-refractivity contribution is 7.92. The van der Waals surface area contributed by atoms with Crippen LogP contribution in [0.2, 0.25) is 10.0 Å². The van der Waals surface area contributed by atoms with Gasteiger partial charge >= 0.3 is 0 Å². The van der Waals surface area contributed by atoms with Crippen LogP contribution < -0.4 is 14.4 Å². The molecule has 0 radical (unpaired) electrons. The lowest BCUT2D eigenvalue weighted by atomic mass is 10.0. The normalized spacial score (nSPS) is 12.2. The van der Waals surface area contributed by atoms with E-state index in [9.17, 15) is 18.0 Å². The Hall–Kier alpha value is -4.05. The summed E-state index contributed by atoms with van der Waals surface area (Å²) in [5.41, 5.74) is 1.15. The van der Waals surface area contributed by atoms with Crippen molar-refractivity contribution in [2.45, 2.75) is 50.2 Å². The fourth-order valence-electron chi connectivity index (χ4n) is 4.85. The van der Waals surface area contributed by atoms with Crippen molar-refractivity contribution in [2.24, 2.45) is 0 Å². The minimum atomic E-state index is -4.27. The molecular weight excluding hydrogens is 645 g/mol. The molecule has 4 aromatic rings. The van der Waals surface area contributed by atoms with E-state index in [0.717, 1.165) is 9.87 Å². The number of rotatable bonds is 12. The van der Waals surface area contributed by atoms with Gasteiger partial charge in [-0.2, -0.15) is 0 Å². The van der Waals surface area contributed by atoms with Crippen LogP contribution in [0.3, 0.4) is 0 Å². The van der Waals surface area contributed by atoms with E-state index in [0.29, 0.717) is 21.4 Å². The Bertz CT molecular complexity index is 1740. The van der Waals surface area contributed by atoms with Crippen LogP contribution in [0.5, 0.6) is 5.75 Å². The summed E-state index contributed by atoms with van der Waals surface area (Å²) in [5, 5.41) is 3.88. The van der Waals surface area contributed by atoms with Crippen molar-refractivity contribution in [3.63, 3.8) is 0 Å². The van der Waals surface area contributed by atoms with Crippen LogP contribution in [0, 0.1) is 0 Å². The molecule has 4 rings (SSSR count). The second-order valence-corrected chi connectivity index (χ2v) is 14.5. The highest BCUT2D eigenvalue weighted by Gasteiger charge is 2.35. The van der Waals surface area contributed by atoms with E-state index in [-0.39, 0.29) is 29.5 Å². The van der Waals surface area contributed by atoms with E-state index in [4.69, 9.17) is 27.9 Å². The number of ether oxygens (including phenoxy) is 1. The fourth-order valence-corrected chi connectivity index (χ4v) is 6.60. The summed E-state index contributed by atoms with van der Waals surface area (Å²) >= 11 is 12.4. The molecule has 0 saturated heterocycles. The summed E-state index contributed by atoms with van der Waals surface area (Å²) < 4.78 is 34.5. The first-order valence-electron chi connectivity index (χ1n) is 14.6. The summed E-state index contributed by atoms with van der Waals surface area (Å²) in [6.45, 7) is 4.99. The van der Waals surface area contributed by atoms with Crippen molar-refractivity contribution in [1.29, 1.82) is 0 Å². The number of nitrogens with one attached hydrogen (secondary N) is 1. The molecule has 0 aliphatic heterocycles. The third-order valence-electron chi connectivity index (χ3n) is 7.05. The van der Waals surface area contributed by atoms with E-state index >= 15 is 0 Å². The number of hydrogen-bond acceptors (Lipinski definition) is 5. The molecule has 0 saturated carbocycles. The number of halogens is 2. The predicted molar refractivity (Wildman–Crippen MR) is 183 cm³/mol. The number of carbonyl (C=O) groups excluding carboxylic acids is 2. The number of amides is 2. The lowest BCUT2D eigenvalue weighted by Crippen LogP contribution is -2.56. The highest BCUT2D eigenvalue weighted by atomic mass is 35.5. The van der Waals surface area contributed by atoms with Crippen LogP contribution in [-0.4, -0.2) is 50.4 Å². The first-order chi connectivity index (χ1) is 21.8. The molecule has 0 aromatic heterocycles. The summed E-state index contributed by atoms with van der Waals surface area (Å²) in [4.78, 5) is 29.9. The SMILES string of the molecule is COc1ccc(S(=O)(=O)N(CC(=O)N(Cc2cccc(Cl)c2)C(Cc2ccccc2)C(=O)NC(C)(C)C)c2ccc(Cl)cc2)cc1.